The number of carbonyl (C=O) groups is 1. The molecule has 2 N–H and O–H groups in total. The Labute approximate surface area is 124 Å². The Bertz CT molecular complexity index is 595. The van der Waals surface area contributed by atoms with Gasteiger partial charge < -0.3 is 15.1 Å². The standard InChI is InChI=1S/C17H20N2O2/c1-12(13-6-3-2-4-7-13)19-11-14(10-16(19)20)17(18)15-8-5-9-21-15/h2-9,12,14,17H,10-11,18H2,1H3/t12-,14-,17?/m1/s1. The Kier molecular flexibility index (Phi) is 3.80. The first kappa shape index (κ1) is 13.9. The molecule has 0 spiro atoms. The van der Waals surface area contributed by atoms with Crippen molar-refractivity contribution in [2.75, 3.05) is 6.54 Å². The third-order valence-electron chi connectivity index (χ3n) is 4.32. The lowest BCUT2D eigenvalue weighted by molar-refractivity contribution is -0.129. The van der Waals surface area contributed by atoms with Gasteiger partial charge in [0.15, 0.2) is 0 Å². The molecule has 1 amide bonds. The average Bonchev–Trinajstić information content (AvgIpc) is 3.16. The van der Waals surface area contributed by atoms with Gasteiger partial charge in [-0.05, 0) is 24.6 Å². The number of likely N-dealkylation sites (tertiary alicyclic amines) is 1. The van der Waals surface area contributed by atoms with Gasteiger partial charge in [0.2, 0.25) is 5.91 Å². The Morgan fingerprint density at radius 3 is 2.67 bits per heavy atom. The van der Waals surface area contributed by atoms with E-state index in [9.17, 15) is 4.79 Å². The third-order valence-corrected chi connectivity index (χ3v) is 4.32. The van der Waals surface area contributed by atoms with Crippen molar-refractivity contribution in [1.29, 1.82) is 0 Å². The van der Waals surface area contributed by atoms with E-state index in [2.05, 4.69) is 19.1 Å². The summed E-state index contributed by atoms with van der Waals surface area (Å²) in [5, 5.41) is 0. The molecule has 4 heteroatoms. The lowest BCUT2D eigenvalue weighted by Gasteiger charge is -2.26. The quantitative estimate of drug-likeness (QED) is 0.939. The molecule has 1 aromatic carbocycles. The highest BCUT2D eigenvalue weighted by atomic mass is 16.3. The van der Waals surface area contributed by atoms with Crippen LogP contribution in [0, 0.1) is 5.92 Å². The van der Waals surface area contributed by atoms with E-state index < -0.39 is 0 Å². The minimum Gasteiger partial charge on any atom is -0.468 e. The van der Waals surface area contributed by atoms with E-state index in [-0.39, 0.29) is 23.9 Å². The minimum absolute atomic E-state index is 0.0764. The highest BCUT2D eigenvalue weighted by Gasteiger charge is 2.37. The second kappa shape index (κ2) is 5.74. The van der Waals surface area contributed by atoms with Crippen molar-refractivity contribution < 1.29 is 9.21 Å². The van der Waals surface area contributed by atoms with Crippen molar-refractivity contribution >= 4 is 5.91 Å². The van der Waals surface area contributed by atoms with Crippen molar-refractivity contribution in [3.05, 3.63) is 60.1 Å². The van der Waals surface area contributed by atoms with E-state index in [0.717, 1.165) is 11.3 Å². The zero-order valence-electron chi connectivity index (χ0n) is 12.1. The molecule has 0 aliphatic carbocycles. The normalized spacial score (nSPS) is 21.5. The first-order valence-electron chi connectivity index (χ1n) is 7.30. The van der Waals surface area contributed by atoms with Gasteiger partial charge in [0.25, 0.3) is 0 Å². The molecule has 110 valence electrons. The molecule has 1 fully saturated rings. The van der Waals surface area contributed by atoms with Crippen LogP contribution in [0.25, 0.3) is 0 Å². The van der Waals surface area contributed by atoms with Crippen LogP contribution < -0.4 is 5.73 Å². The van der Waals surface area contributed by atoms with Crippen LogP contribution in [0.4, 0.5) is 0 Å². The summed E-state index contributed by atoms with van der Waals surface area (Å²) in [5.41, 5.74) is 7.39. The smallest absolute Gasteiger partial charge is 0.223 e. The monoisotopic (exact) mass is 284 g/mol. The summed E-state index contributed by atoms with van der Waals surface area (Å²) < 4.78 is 5.37. The molecule has 2 heterocycles. The number of hydrogen-bond acceptors (Lipinski definition) is 3. The topological polar surface area (TPSA) is 59.5 Å². The van der Waals surface area contributed by atoms with Gasteiger partial charge in [-0.15, -0.1) is 0 Å². The number of nitrogens with two attached hydrogens (primary N) is 1. The van der Waals surface area contributed by atoms with Crippen LogP contribution >= 0.6 is 0 Å². The van der Waals surface area contributed by atoms with Gasteiger partial charge in [-0.25, -0.2) is 0 Å². The summed E-state index contributed by atoms with van der Waals surface area (Å²) >= 11 is 0. The molecule has 4 nitrogen and oxygen atoms in total. The number of benzene rings is 1. The van der Waals surface area contributed by atoms with Crippen molar-refractivity contribution in [3.63, 3.8) is 0 Å². The van der Waals surface area contributed by atoms with E-state index >= 15 is 0 Å². The maximum absolute atomic E-state index is 12.3. The van der Waals surface area contributed by atoms with Crippen LogP contribution in [-0.4, -0.2) is 17.4 Å². The number of hydrogen-bond donors (Lipinski definition) is 1. The largest absolute Gasteiger partial charge is 0.468 e. The van der Waals surface area contributed by atoms with Gasteiger partial charge in [-0.1, -0.05) is 30.3 Å². The number of amides is 1. The lowest BCUT2D eigenvalue weighted by Crippen LogP contribution is -2.30. The Hall–Kier alpha value is -2.07. The number of furan rings is 1. The molecular weight excluding hydrogens is 264 g/mol. The van der Waals surface area contributed by atoms with Crippen LogP contribution in [0.5, 0.6) is 0 Å². The molecule has 2 aromatic rings. The van der Waals surface area contributed by atoms with Crippen molar-refractivity contribution in [3.8, 4) is 0 Å². The van der Waals surface area contributed by atoms with E-state index in [1.165, 1.54) is 0 Å². The molecule has 21 heavy (non-hydrogen) atoms. The van der Waals surface area contributed by atoms with Gasteiger partial charge in [-0.2, -0.15) is 0 Å². The SMILES string of the molecule is C[C@H](c1ccccc1)N1C[C@H](C(N)c2ccco2)CC1=O. The number of rotatable bonds is 4. The van der Waals surface area contributed by atoms with Crippen LogP contribution in [0.3, 0.4) is 0 Å². The minimum atomic E-state index is -0.225. The van der Waals surface area contributed by atoms with Gasteiger partial charge >= 0.3 is 0 Å². The Morgan fingerprint density at radius 2 is 2.00 bits per heavy atom. The molecule has 0 radical (unpaired) electrons. The molecule has 1 aliphatic heterocycles. The maximum Gasteiger partial charge on any atom is 0.223 e. The summed E-state index contributed by atoms with van der Waals surface area (Å²) in [4.78, 5) is 14.2. The average molecular weight is 284 g/mol. The fraction of sp³-hybridized carbons (Fsp3) is 0.353. The van der Waals surface area contributed by atoms with Crippen molar-refractivity contribution in [2.45, 2.75) is 25.4 Å². The predicted molar refractivity (Wildman–Crippen MR) is 80.3 cm³/mol. The fourth-order valence-electron chi connectivity index (χ4n) is 3.00. The second-order valence-electron chi connectivity index (χ2n) is 5.64. The second-order valence-corrected chi connectivity index (χ2v) is 5.64. The van der Waals surface area contributed by atoms with E-state index in [4.69, 9.17) is 10.2 Å². The molecule has 1 aliphatic rings. The Balaban J connectivity index is 1.73. The third kappa shape index (κ3) is 2.72. The number of nitrogens with zero attached hydrogens (tertiary/aromatic N) is 1. The summed E-state index contributed by atoms with van der Waals surface area (Å²) in [6.07, 6.45) is 2.11. The van der Waals surface area contributed by atoms with E-state index in [1.807, 2.05) is 35.2 Å². The molecule has 0 bridgehead atoms. The Morgan fingerprint density at radius 1 is 1.24 bits per heavy atom. The molecular formula is C17H20N2O2. The summed E-state index contributed by atoms with van der Waals surface area (Å²) in [6.45, 7) is 2.74. The van der Waals surface area contributed by atoms with Gasteiger partial charge in [-0.3, -0.25) is 4.79 Å². The maximum atomic E-state index is 12.3. The van der Waals surface area contributed by atoms with Crippen LogP contribution in [0.15, 0.2) is 53.1 Å². The zero-order valence-corrected chi connectivity index (χ0v) is 12.1. The van der Waals surface area contributed by atoms with E-state index in [1.54, 1.807) is 6.26 Å². The fourth-order valence-corrected chi connectivity index (χ4v) is 3.00. The summed E-state index contributed by atoms with van der Waals surface area (Å²) in [6, 6.07) is 13.6. The molecule has 1 saturated heterocycles. The molecule has 3 rings (SSSR count). The van der Waals surface area contributed by atoms with Gasteiger partial charge in [0, 0.05) is 18.9 Å². The van der Waals surface area contributed by atoms with Crippen molar-refractivity contribution in [2.24, 2.45) is 11.7 Å². The molecule has 1 aromatic heterocycles. The molecule has 1 unspecified atom stereocenters. The summed E-state index contributed by atoms with van der Waals surface area (Å²) in [5.74, 6) is 1.02. The van der Waals surface area contributed by atoms with Gasteiger partial charge in [0.05, 0.1) is 18.3 Å². The van der Waals surface area contributed by atoms with Crippen LogP contribution in [-0.2, 0) is 4.79 Å². The zero-order chi connectivity index (χ0) is 14.8. The lowest BCUT2D eigenvalue weighted by atomic mass is 9.97. The first-order valence-corrected chi connectivity index (χ1v) is 7.30. The van der Waals surface area contributed by atoms with E-state index in [0.29, 0.717) is 13.0 Å². The van der Waals surface area contributed by atoms with Crippen LogP contribution in [0.1, 0.15) is 36.8 Å². The predicted octanol–water partition coefficient (Wildman–Crippen LogP) is 2.89. The summed E-state index contributed by atoms with van der Waals surface area (Å²) in [7, 11) is 0. The molecule has 0 saturated carbocycles. The molecule has 3 atom stereocenters. The first-order chi connectivity index (χ1) is 10.2. The van der Waals surface area contributed by atoms with Crippen LogP contribution in [0.2, 0.25) is 0 Å². The van der Waals surface area contributed by atoms with Crippen molar-refractivity contribution in [1.82, 2.24) is 4.90 Å². The number of carbonyl (C=O) groups excluding carboxylic acids is 1. The van der Waals surface area contributed by atoms with Gasteiger partial charge in [0.1, 0.15) is 5.76 Å². The highest BCUT2D eigenvalue weighted by molar-refractivity contribution is 5.79. The highest BCUT2D eigenvalue weighted by Crippen LogP contribution is 2.34.